The number of fused-ring (bicyclic) bond motifs is 3. The molecule has 2 aromatic carbocycles. The summed E-state index contributed by atoms with van der Waals surface area (Å²) in [6, 6.07) is 16.0. The van der Waals surface area contributed by atoms with Crippen molar-refractivity contribution in [3.8, 4) is 5.75 Å². The molecule has 6 heteroatoms. The van der Waals surface area contributed by atoms with Crippen LogP contribution < -0.4 is 10.1 Å². The number of carboxylic acids is 1. The molecule has 0 aliphatic heterocycles. The van der Waals surface area contributed by atoms with Crippen LogP contribution in [0.2, 0.25) is 0 Å². The molecule has 1 heterocycles. The molecule has 1 atom stereocenters. The van der Waals surface area contributed by atoms with Crippen LogP contribution in [0.25, 0.3) is 10.9 Å². The lowest BCUT2D eigenvalue weighted by Gasteiger charge is -2.21. The molecule has 178 valence electrons. The second-order valence-electron chi connectivity index (χ2n) is 8.14. The van der Waals surface area contributed by atoms with Crippen LogP contribution >= 0.6 is 0 Å². The predicted molar refractivity (Wildman–Crippen MR) is 132 cm³/mol. The molecule has 1 aromatic heterocycles. The molecule has 0 saturated carbocycles. The third-order valence-electron chi connectivity index (χ3n) is 6.04. The number of carbonyl (C=O) groups is 1. The lowest BCUT2D eigenvalue weighted by Crippen LogP contribution is -2.19. The predicted octanol–water partition coefficient (Wildman–Crippen LogP) is 4.99. The molecule has 0 amide bonds. The highest BCUT2D eigenvalue weighted by Gasteiger charge is 2.33. The molecule has 4 rings (SSSR count). The van der Waals surface area contributed by atoms with Crippen molar-refractivity contribution in [1.29, 1.82) is 0 Å². The van der Waals surface area contributed by atoms with E-state index in [4.69, 9.17) is 9.47 Å². The van der Waals surface area contributed by atoms with Crippen LogP contribution in [0, 0.1) is 0 Å². The maximum atomic E-state index is 11.9. The molecule has 1 aliphatic carbocycles. The van der Waals surface area contributed by atoms with Crippen LogP contribution in [0.4, 0.5) is 0 Å². The van der Waals surface area contributed by atoms with Gasteiger partial charge in [0.25, 0.3) is 0 Å². The Hall–Kier alpha value is -2.83. The van der Waals surface area contributed by atoms with Crippen molar-refractivity contribution in [2.45, 2.75) is 52.2 Å². The molecular formula is C27H36N2O4. The highest BCUT2D eigenvalue weighted by molar-refractivity contribution is 5.96. The molecule has 0 bridgehead atoms. The molecule has 0 radical (unpaired) electrons. The minimum Gasteiger partial charge on any atom is -0.496 e. The third kappa shape index (κ3) is 5.95. The Morgan fingerprint density at radius 3 is 2.52 bits per heavy atom. The first-order chi connectivity index (χ1) is 16.1. The molecule has 0 spiro atoms. The SMILES string of the molecule is CCNCC.COc1cccc2c1c1c(n2CCOCc2ccccc2)CCCC1C(=O)O. The summed E-state index contributed by atoms with van der Waals surface area (Å²) in [7, 11) is 1.64. The Labute approximate surface area is 196 Å². The smallest absolute Gasteiger partial charge is 0.311 e. The number of benzene rings is 2. The van der Waals surface area contributed by atoms with Crippen molar-refractivity contribution in [2.75, 3.05) is 26.8 Å². The number of methoxy groups -OCH3 is 1. The zero-order chi connectivity index (χ0) is 23.6. The fourth-order valence-corrected chi connectivity index (χ4v) is 4.56. The van der Waals surface area contributed by atoms with Crippen LogP contribution in [0.15, 0.2) is 48.5 Å². The average molecular weight is 453 g/mol. The summed E-state index contributed by atoms with van der Waals surface area (Å²) in [6.07, 6.45) is 2.44. The standard InChI is InChI=1S/C23H25NO4.C4H11N/c1-27-20-12-6-11-19-22(20)21-17(23(25)26)9-5-10-18(21)24(19)13-14-28-15-16-7-3-2-4-8-16;1-3-5-4-2/h2-4,6-8,11-12,17H,5,9-10,13-15H2,1H3,(H,25,26);5H,3-4H2,1-2H3. The zero-order valence-corrected chi connectivity index (χ0v) is 20.0. The molecule has 3 aromatic rings. The summed E-state index contributed by atoms with van der Waals surface area (Å²) < 4.78 is 13.7. The van der Waals surface area contributed by atoms with Gasteiger partial charge in [-0.25, -0.2) is 0 Å². The Kier molecular flexibility index (Phi) is 9.34. The van der Waals surface area contributed by atoms with Gasteiger partial charge in [-0.3, -0.25) is 4.79 Å². The van der Waals surface area contributed by atoms with Crippen LogP contribution in [0.5, 0.6) is 5.75 Å². The number of aliphatic carboxylic acids is 1. The Bertz CT molecular complexity index is 1030. The van der Waals surface area contributed by atoms with Crippen molar-refractivity contribution < 1.29 is 19.4 Å². The van der Waals surface area contributed by atoms with E-state index >= 15 is 0 Å². The van der Waals surface area contributed by atoms with Gasteiger partial charge in [0, 0.05) is 17.6 Å². The Morgan fingerprint density at radius 1 is 1.12 bits per heavy atom. The summed E-state index contributed by atoms with van der Waals surface area (Å²) in [4.78, 5) is 11.9. The van der Waals surface area contributed by atoms with Gasteiger partial charge in [-0.05, 0) is 55.6 Å². The molecule has 0 fully saturated rings. The highest BCUT2D eigenvalue weighted by atomic mass is 16.5. The van der Waals surface area contributed by atoms with Crippen LogP contribution in [0.1, 0.15) is 49.4 Å². The van der Waals surface area contributed by atoms with Gasteiger partial charge in [0.05, 0.1) is 31.8 Å². The summed E-state index contributed by atoms with van der Waals surface area (Å²) in [6.45, 7) is 8.22. The lowest BCUT2D eigenvalue weighted by molar-refractivity contribution is -0.139. The first kappa shape index (κ1) is 24.8. The monoisotopic (exact) mass is 452 g/mol. The molecule has 33 heavy (non-hydrogen) atoms. The second-order valence-corrected chi connectivity index (χ2v) is 8.14. The first-order valence-corrected chi connectivity index (χ1v) is 11.8. The van der Waals surface area contributed by atoms with Gasteiger partial charge in [-0.15, -0.1) is 0 Å². The molecule has 6 nitrogen and oxygen atoms in total. The van der Waals surface area contributed by atoms with E-state index in [1.165, 1.54) is 0 Å². The van der Waals surface area contributed by atoms with Gasteiger partial charge in [0.2, 0.25) is 0 Å². The van der Waals surface area contributed by atoms with Gasteiger partial charge in [0.1, 0.15) is 5.75 Å². The van der Waals surface area contributed by atoms with Crippen LogP contribution in [0.3, 0.4) is 0 Å². The van der Waals surface area contributed by atoms with Gasteiger partial charge < -0.3 is 24.5 Å². The average Bonchev–Trinajstić information content (AvgIpc) is 3.17. The zero-order valence-electron chi connectivity index (χ0n) is 20.0. The number of nitrogens with zero attached hydrogens (tertiary/aromatic N) is 1. The van der Waals surface area contributed by atoms with Crippen molar-refractivity contribution in [3.63, 3.8) is 0 Å². The number of rotatable bonds is 9. The molecular weight excluding hydrogens is 416 g/mol. The number of nitrogens with one attached hydrogen (secondary N) is 1. The minimum absolute atomic E-state index is 0.478. The largest absolute Gasteiger partial charge is 0.496 e. The molecule has 2 N–H and O–H groups in total. The Balaban J connectivity index is 0.000000555. The van der Waals surface area contributed by atoms with E-state index in [-0.39, 0.29) is 0 Å². The normalized spacial score (nSPS) is 14.9. The molecule has 1 aliphatic rings. The van der Waals surface area contributed by atoms with E-state index in [1.54, 1.807) is 7.11 Å². The second kappa shape index (κ2) is 12.4. The summed E-state index contributed by atoms with van der Waals surface area (Å²) in [5.41, 5.74) is 4.21. The topological polar surface area (TPSA) is 72.7 Å². The maximum Gasteiger partial charge on any atom is 0.311 e. The van der Waals surface area contributed by atoms with Crippen LogP contribution in [-0.2, 0) is 29.1 Å². The highest BCUT2D eigenvalue weighted by Crippen LogP contribution is 2.43. The molecule has 1 unspecified atom stereocenters. The van der Waals surface area contributed by atoms with E-state index in [0.717, 1.165) is 59.4 Å². The third-order valence-corrected chi connectivity index (χ3v) is 6.04. The van der Waals surface area contributed by atoms with E-state index in [9.17, 15) is 9.90 Å². The van der Waals surface area contributed by atoms with Gasteiger partial charge in [-0.1, -0.05) is 50.2 Å². The van der Waals surface area contributed by atoms with Gasteiger partial charge in [0.15, 0.2) is 0 Å². The first-order valence-electron chi connectivity index (χ1n) is 11.8. The Morgan fingerprint density at radius 2 is 1.88 bits per heavy atom. The minimum atomic E-state index is -0.758. The van der Waals surface area contributed by atoms with Crippen LogP contribution in [-0.4, -0.2) is 42.4 Å². The van der Waals surface area contributed by atoms with Crippen molar-refractivity contribution in [1.82, 2.24) is 9.88 Å². The van der Waals surface area contributed by atoms with Crippen molar-refractivity contribution in [3.05, 3.63) is 65.4 Å². The maximum absolute atomic E-state index is 11.9. The summed E-state index contributed by atoms with van der Waals surface area (Å²) in [5.74, 6) is -0.494. The van der Waals surface area contributed by atoms with E-state index in [1.807, 2.05) is 36.4 Å². The van der Waals surface area contributed by atoms with E-state index < -0.39 is 11.9 Å². The quantitative estimate of drug-likeness (QED) is 0.448. The summed E-state index contributed by atoms with van der Waals surface area (Å²) >= 11 is 0. The van der Waals surface area contributed by atoms with Crippen molar-refractivity contribution in [2.24, 2.45) is 0 Å². The summed E-state index contributed by atoms with van der Waals surface area (Å²) in [5, 5.41) is 13.8. The fraction of sp³-hybridized carbons (Fsp3) is 0.444. The van der Waals surface area contributed by atoms with Crippen molar-refractivity contribution >= 4 is 16.9 Å². The lowest BCUT2D eigenvalue weighted by atomic mass is 9.85. The number of aromatic nitrogens is 1. The number of hydrogen-bond acceptors (Lipinski definition) is 4. The number of carboxylic acid groups (broad SMARTS) is 1. The number of ether oxygens (including phenoxy) is 2. The molecule has 0 saturated heterocycles. The fourth-order valence-electron chi connectivity index (χ4n) is 4.56. The van der Waals surface area contributed by atoms with Gasteiger partial charge in [-0.2, -0.15) is 0 Å². The van der Waals surface area contributed by atoms with E-state index in [0.29, 0.717) is 26.2 Å². The number of hydrogen-bond donors (Lipinski definition) is 2. The van der Waals surface area contributed by atoms with E-state index in [2.05, 4.69) is 35.9 Å². The van der Waals surface area contributed by atoms with Gasteiger partial charge >= 0.3 is 5.97 Å².